The van der Waals surface area contributed by atoms with Crippen LogP contribution < -0.4 is 38.1 Å². The predicted octanol–water partition coefficient (Wildman–Crippen LogP) is -3.56. The maximum Gasteiger partial charge on any atom is 0.326 e. The van der Waals surface area contributed by atoms with Crippen molar-refractivity contribution >= 4 is 47.4 Å². The maximum atomic E-state index is 13.8. The first-order valence-corrected chi connectivity index (χ1v) is 17.8. The fourth-order valence-electron chi connectivity index (χ4n) is 5.77. The topological polar surface area (TPSA) is 341 Å². The number of aromatic amines is 1. The fourth-order valence-corrected chi connectivity index (χ4v) is 5.77. The molecular weight excluding hydrogens is 712 g/mol. The number of amides is 6. The maximum absolute atomic E-state index is 13.8. The highest BCUT2D eigenvalue weighted by Crippen LogP contribution is 2.20. The molecule has 0 aromatic carbocycles. The molecule has 1 saturated heterocycles. The number of H-pyrrole nitrogens is 1. The molecule has 2 rings (SSSR count). The van der Waals surface area contributed by atoms with Crippen LogP contribution in [0.5, 0.6) is 0 Å². The van der Waals surface area contributed by atoms with E-state index in [-0.39, 0.29) is 24.7 Å². The molecule has 54 heavy (non-hydrogen) atoms. The number of aliphatic hydroxyl groups excluding tert-OH is 1. The van der Waals surface area contributed by atoms with Crippen molar-refractivity contribution in [1.29, 1.82) is 0 Å². The second kappa shape index (κ2) is 22.2. The summed E-state index contributed by atoms with van der Waals surface area (Å²) in [5, 5.41) is 39.9. The molecule has 0 bridgehead atoms. The van der Waals surface area contributed by atoms with Crippen molar-refractivity contribution in [2.45, 2.75) is 114 Å². The van der Waals surface area contributed by atoms with E-state index in [4.69, 9.17) is 16.6 Å². The van der Waals surface area contributed by atoms with Gasteiger partial charge in [0.25, 0.3) is 0 Å². The summed E-state index contributed by atoms with van der Waals surface area (Å²) in [6.07, 6.45) is 4.09. The highest BCUT2D eigenvalue weighted by atomic mass is 16.4. The molecule has 2 heterocycles. The Labute approximate surface area is 312 Å². The lowest BCUT2D eigenvalue weighted by Gasteiger charge is -2.29. The van der Waals surface area contributed by atoms with Crippen molar-refractivity contribution < 1.29 is 53.7 Å². The van der Waals surface area contributed by atoms with Crippen LogP contribution in [0.15, 0.2) is 12.5 Å². The summed E-state index contributed by atoms with van der Waals surface area (Å²) in [6.45, 7) is 4.72. The van der Waals surface area contributed by atoms with Gasteiger partial charge in [-0.15, -0.1) is 0 Å². The Morgan fingerprint density at radius 1 is 0.889 bits per heavy atom. The first kappa shape index (κ1) is 45.0. The third-order valence-corrected chi connectivity index (χ3v) is 8.63. The number of carboxylic acid groups (broad SMARTS) is 2. The zero-order valence-corrected chi connectivity index (χ0v) is 30.7. The number of nitrogens with one attached hydrogen (secondary N) is 6. The van der Waals surface area contributed by atoms with Gasteiger partial charge in [-0.05, 0) is 57.9 Å². The third-order valence-electron chi connectivity index (χ3n) is 8.63. The van der Waals surface area contributed by atoms with Crippen molar-refractivity contribution in [2.24, 2.45) is 17.4 Å². The monoisotopic (exact) mass is 766 g/mol. The molecule has 13 N–H and O–H groups in total. The summed E-state index contributed by atoms with van der Waals surface area (Å²) in [5.41, 5.74) is 12.2. The van der Waals surface area contributed by atoms with Gasteiger partial charge in [0.15, 0.2) is 0 Å². The first-order valence-electron chi connectivity index (χ1n) is 17.8. The van der Waals surface area contributed by atoms with Gasteiger partial charge in [0.05, 0.1) is 25.4 Å². The highest BCUT2D eigenvalue weighted by molar-refractivity contribution is 5.97. The number of imidazole rings is 1. The number of aliphatic hydroxyl groups is 1. The van der Waals surface area contributed by atoms with Crippen molar-refractivity contribution in [2.75, 3.05) is 19.7 Å². The zero-order chi connectivity index (χ0) is 40.5. The number of aliphatic carboxylic acids is 2. The SMILES string of the molecule is CC(C)C[C@H](N)C(=O)N1CCC[C@H]1C(=O)N[C@@H](CCCCN)C(=O)N[C@@H](Cc1cnc[nH]1)C(=O)N[C@@H](CO)C(=O)N[C@@H](C)C(=O)N[C@@H](CC(=O)O)C(=O)O. The number of nitrogens with two attached hydrogens (primary N) is 2. The molecule has 0 radical (unpaired) electrons. The Kier molecular flexibility index (Phi) is 18.5. The van der Waals surface area contributed by atoms with Crippen LogP contribution >= 0.6 is 0 Å². The quantitative estimate of drug-likeness (QED) is 0.0481. The minimum absolute atomic E-state index is 0.136. The molecule has 7 atom stereocenters. The number of rotatable bonds is 23. The Morgan fingerprint density at radius 3 is 2.09 bits per heavy atom. The minimum atomic E-state index is -1.79. The second-order valence-electron chi connectivity index (χ2n) is 13.6. The van der Waals surface area contributed by atoms with Gasteiger partial charge >= 0.3 is 11.9 Å². The number of carbonyl (C=O) groups is 8. The second-order valence-corrected chi connectivity index (χ2v) is 13.6. The van der Waals surface area contributed by atoms with Gasteiger partial charge in [0.1, 0.15) is 36.3 Å². The Hall–Kier alpha value is -5.15. The van der Waals surface area contributed by atoms with Gasteiger partial charge in [-0.2, -0.15) is 0 Å². The summed E-state index contributed by atoms with van der Waals surface area (Å²) >= 11 is 0. The van der Waals surface area contributed by atoms with E-state index in [1.165, 1.54) is 24.3 Å². The van der Waals surface area contributed by atoms with E-state index in [0.717, 1.165) is 0 Å². The van der Waals surface area contributed by atoms with Crippen molar-refractivity contribution in [3.63, 3.8) is 0 Å². The van der Waals surface area contributed by atoms with E-state index in [1.807, 2.05) is 19.2 Å². The number of likely N-dealkylation sites (tertiary alicyclic amines) is 1. The summed E-state index contributed by atoms with van der Waals surface area (Å²) < 4.78 is 0. The van der Waals surface area contributed by atoms with Crippen LogP contribution in [0.2, 0.25) is 0 Å². The standard InChI is InChI=1S/C33H54N10O11/c1-17(2)11-20(35)32(52)43-10-6-8-25(43)31(51)39-21(7-4-5-9-34)28(48)40-22(12-19-14-36-16-37-19)29(49)42-24(15-44)30(50)38-18(3)27(47)41-23(33(53)54)13-26(45)46/h14,16-18,20-25,44H,4-13,15,34-35H2,1-3H3,(H,36,37)(H,38,50)(H,39,51)(H,40,48)(H,41,47)(H,42,49)(H,45,46)(H,53,54)/t18-,20-,21-,22-,23-,24-,25-/m0/s1. The van der Waals surface area contributed by atoms with Gasteiger partial charge in [-0.25, -0.2) is 9.78 Å². The zero-order valence-electron chi connectivity index (χ0n) is 30.7. The number of carboxylic acids is 2. The molecular formula is C33H54N10O11. The van der Waals surface area contributed by atoms with E-state index < -0.39 is 96.8 Å². The van der Waals surface area contributed by atoms with Crippen LogP contribution in [0.25, 0.3) is 0 Å². The molecule has 0 aliphatic carbocycles. The Morgan fingerprint density at radius 2 is 1.52 bits per heavy atom. The molecule has 21 nitrogen and oxygen atoms in total. The average Bonchev–Trinajstić information content (AvgIpc) is 3.81. The van der Waals surface area contributed by atoms with Crippen LogP contribution in [-0.2, 0) is 44.8 Å². The highest BCUT2D eigenvalue weighted by Gasteiger charge is 2.38. The molecule has 6 amide bonds. The Bertz CT molecular complexity index is 1460. The van der Waals surface area contributed by atoms with Gasteiger partial charge in [0, 0.05) is 24.9 Å². The summed E-state index contributed by atoms with van der Waals surface area (Å²) in [4.78, 5) is 110. The van der Waals surface area contributed by atoms with Crippen molar-refractivity contribution in [1.82, 2.24) is 41.5 Å². The fraction of sp³-hybridized carbons (Fsp3) is 0.667. The lowest BCUT2D eigenvalue weighted by atomic mass is 10.0. The number of carbonyl (C=O) groups excluding carboxylic acids is 6. The van der Waals surface area contributed by atoms with Crippen LogP contribution in [0.3, 0.4) is 0 Å². The molecule has 1 aromatic heterocycles. The summed E-state index contributed by atoms with van der Waals surface area (Å²) in [7, 11) is 0. The number of aromatic nitrogens is 2. The van der Waals surface area contributed by atoms with Crippen LogP contribution in [-0.4, -0.2) is 140 Å². The van der Waals surface area contributed by atoms with E-state index >= 15 is 0 Å². The van der Waals surface area contributed by atoms with Crippen molar-refractivity contribution in [3.05, 3.63) is 18.2 Å². The smallest absolute Gasteiger partial charge is 0.326 e. The average molecular weight is 767 g/mol. The predicted molar refractivity (Wildman–Crippen MR) is 190 cm³/mol. The number of nitrogens with zero attached hydrogens (tertiary/aromatic N) is 2. The van der Waals surface area contributed by atoms with Crippen LogP contribution in [0.1, 0.15) is 71.4 Å². The summed E-state index contributed by atoms with van der Waals surface area (Å²) in [5.74, 6) is -7.66. The molecule has 21 heteroatoms. The van der Waals surface area contributed by atoms with Crippen LogP contribution in [0, 0.1) is 5.92 Å². The molecule has 1 aliphatic rings. The van der Waals surface area contributed by atoms with Gasteiger partial charge in [0.2, 0.25) is 35.4 Å². The number of unbranched alkanes of at least 4 members (excludes halogenated alkanes) is 1. The molecule has 0 unspecified atom stereocenters. The van der Waals surface area contributed by atoms with Gasteiger partial charge in [-0.1, -0.05) is 13.8 Å². The van der Waals surface area contributed by atoms with Crippen molar-refractivity contribution in [3.8, 4) is 0 Å². The number of hydrogen-bond acceptors (Lipinski definition) is 12. The molecule has 1 aromatic rings. The molecule has 0 saturated carbocycles. The van der Waals surface area contributed by atoms with E-state index in [1.54, 1.807) is 0 Å². The first-order chi connectivity index (χ1) is 25.5. The van der Waals surface area contributed by atoms with Gasteiger partial charge < -0.3 is 63.3 Å². The molecule has 0 spiro atoms. The largest absolute Gasteiger partial charge is 0.481 e. The summed E-state index contributed by atoms with van der Waals surface area (Å²) in [6, 6.07) is -9.06. The van der Waals surface area contributed by atoms with E-state index in [0.29, 0.717) is 50.9 Å². The lowest BCUT2D eigenvalue weighted by molar-refractivity contribution is -0.147. The molecule has 302 valence electrons. The normalized spacial score (nSPS) is 17.3. The molecule has 1 fully saturated rings. The number of hydrogen-bond donors (Lipinski definition) is 11. The van der Waals surface area contributed by atoms with Gasteiger partial charge in [-0.3, -0.25) is 33.6 Å². The Balaban J connectivity index is 2.21. The lowest BCUT2D eigenvalue weighted by Crippen LogP contribution is -2.60. The minimum Gasteiger partial charge on any atom is -0.481 e. The van der Waals surface area contributed by atoms with E-state index in [2.05, 4.69) is 31.2 Å². The van der Waals surface area contributed by atoms with E-state index in [9.17, 15) is 48.6 Å². The van der Waals surface area contributed by atoms with Crippen LogP contribution in [0.4, 0.5) is 0 Å². The third kappa shape index (κ3) is 14.3. The molecule has 1 aliphatic heterocycles.